The molecule has 1 aliphatic rings. The van der Waals surface area contributed by atoms with Crippen LogP contribution in [0.1, 0.15) is 16.7 Å². The monoisotopic (exact) mass is 312 g/mol. The van der Waals surface area contributed by atoms with Crippen molar-refractivity contribution in [3.63, 3.8) is 0 Å². The lowest BCUT2D eigenvalue weighted by molar-refractivity contribution is 1.40. The minimum absolute atomic E-state index is 0.657. The molecule has 0 bridgehead atoms. The van der Waals surface area contributed by atoms with Crippen LogP contribution in [-0.2, 0) is 0 Å². The van der Waals surface area contributed by atoms with Gasteiger partial charge in [-0.25, -0.2) is 4.99 Å². The van der Waals surface area contributed by atoms with Crippen molar-refractivity contribution in [2.45, 2.75) is 6.92 Å². The number of hydrogen-bond donors (Lipinski definition) is 1. The molecule has 0 unspecified atom stereocenters. The summed E-state index contributed by atoms with van der Waals surface area (Å²) >= 11 is 0. The number of rotatable bonds is 3. The summed E-state index contributed by atoms with van der Waals surface area (Å²) in [4.78, 5) is 4.82. The first-order valence-electron chi connectivity index (χ1n) is 7.90. The van der Waals surface area contributed by atoms with E-state index in [1.54, 1.807) is 0 Å². The van der Waals surface area contributed by atoms with Crippen molar-refractivity contribution >= 4 is 17.1 Å². The van der Waals surface area contributed by atoms with Gasteiger partial charge in [-0.05, 0) is 24.1 Å². The van der Waals surface area contributed by atoms with E-state index in [4.69, 9.17) is 10.7 Å². The zero-order valence-corrected chi connectivity index (χ0v) is 13.7. The smallest absolute Gasteiger partial charge is 0.0944 e. The lowest BCUT2D eigenvalue weighted by atomic mass is 10.0. The molecule has 0 radical (unpaired) electrons. The third-order valence-electron chi connectivity index (χ3n) is 3.89. The van der Waals surface area contributed by atoms with Crippen molar-refractivity contribution in [2.75, 3.05) is 0 Å². The molecule has 3 rings (SSSR count). The standard InChI is InChI=1S/C22H20N2/c1-16-12-14-18(15-13-16)21(23)22(19-9-4-3-5-10-19)24-20-11-7-6-8-17(20)2/h3-15H,2,23H2,1H3/b22-21-,24-20-. The van der Waals surface area contributed by atoms with Crippen molar-refractivity contribution < 1.29 is 0 Å². The van der Waals surface area contributed by atoms with E-state index in [1.807, 2.05) is 66.8 Å². The number of nitrogens with two attached hydrogens (primary N) is 1. The lowest BCUT2D eigenvalue weighted by Gasteiger charge is -2.12. The molecule has 0 aliphatic heterocycles. The highest BCUT2D eigenvalue weighted by atomic mass is 14.8. The van der Waals surface area contributed by atoms with Crippen molar-refractivity contribution in [2.24, 2.45) is 10.7 Å². The Morgan fingerprint density at radius 1 is 0.875 bits per heavy atom. The third-order valence-corrected chi connectivity index (χ3v) is 3.89. The summed E-state index contributed by atoms with van der Waals surface area (Å²) in [6.45, 7) is 6.11. The summed E-state index contributed by atoms with van der Waals surface area (Å²) in [6.07, 6.45) is 7.81. The fourth-order valence-electron chi connectivity index (χ4n) is 2.49. The fourth-order valence-corrected chi connectivity index (χ4v) is 2.49. The zero-order chi connectivity index (χ0) is 16.9. The topological polar surface area (TPSA) is 38.4 Å². The van der Waals surface area contributed by atoms with Crippen LogP contribution in [0.15, 0.2) is 96.0 Å². The average Bonchev–Trinajstić information content (AvgIpc) is 2.62. The van der Waals surface area contributed by atoms with Gasteiger partial charge in [0.05, 0.1) is 17.1 Å². The summed E-state index contributed by atoms with van der Waals surface area (Å²) in [7, 11) is 0. The summed E-state index contributed by atoms with van der Waals surface area (Å²) in [5.41, 5.74) is 12.8. The van der Waals surface area contributed by atoms with Gasteiger partial charge >= 0.3 is 0 Å². The molecule has 0 atom stereocenters. The van der Waals surface area contributed by atoms with Crippen LogP contribution < -0.4 is 5.73 Å². The normalized spacial score (nSPS) is 16.4. The second kappa shape index (κ2) is 6.97. The highest BCUT2D eigenvalue weighted by molar-refractivity contribution is 6.14. The molecule has 2 N–H and O–H groups in total. The highest BCUT2D eigenvalue weighted by Gasteiger charge is 2.10. The molecule has 0 saturated carbocycles. The molecule has 2 nitrogen and oxygen atoms in total. The van der Waals surface area contributed by atoms with Gasteiger partial charge in [-0.3, -0.25) is 0 Å². The van der Waals surface area contributed by atoms with Gasteiger partial charge in [0.2, 0.25) is 0 Å². The first kappa shape index (κ1) is 15.8. The van der Waals surface area contributed by atoms with Crippen LogP contribution in [0.2, 0.25) is 0 Å². The Morgan fingerprint density at radius 2 is 1.54 bits per heavy atom. The van der Waals surface area contributed by atoms with Crippen LogP contribution in [0.3, 0.4) is 0 Å². The number of hydrogen-bond acceptors (Lipinski definition) is 2. The minimum atomic E-state index is 0.657. The molecule has 0 saturated heterocycles. The molecule has 0 fully saturated rings. The van der Waals surface area contributed by atoms with Crippen LogP contribution in [0, 0.1) is 6.92 Å². The Morgan fingerprint density at radius 3 is 2.21 bits per heavy atom. The average molecular weight is 312 g/mol. The minimum Gasteiger partial charge on any atom is -0.396 e. The second-order valence-electron chi connectivity index (χ2n) is 5.73. The maximum Gasteiger partial charge on any atom is 0.0944 e. The first-order valence-corrected chi connectivity index (χ1v) is 7.90. The zero-order valence-electron chi connectivity index (χ0n) is 13.7. The largest absolute Gasteiger partial charge is 0.396 e. The van der Waals surface area contributed by atoms with E-state index in [-0.39, 0.29) is 0 Å². The molecular weight excluding hydrogens is 292 g/mol. The maximum absolute atomic E-state index is 6.48. The first-order chi connectivity index (χ1) is 11.6. The predicted octanol–water partition coefficient (Wildman–Crippen LogP) is 4.90. The van der Waals surface area contributed by atoms with E-state index in [0.29, 0.717) is 5.70 Å². The molecule has 2 aromatic carbocycles. The van der Waals surface area contributed by atoms with E-state index in [1.165, 1.54) is 5.56 Å². The van der Waals surface area contributed by atoms with Gasteiger partial charge in [0.15, 0.2) is 0 Å². The molecule has 2 aromatic rings. The maximum atomic E-state index is 6.48. The Labute approximate surface area is 143 Å². The van der Waals surface area contributed by atoms with Crippen molar-refractivity contribution in [3.8, 4) is 0 Å². The van der Waals surface area contributed by atoms with E-state index >= 15 is 0 Å². The summed E-state index contributed by atoms with van der Waals surface area (Å²) < 4.78 is 0. The quantitative estimate of drug-likeness (QED) is 0.804. The highest BCUT2D eigenvalue weighted by Crippen LogP contribution is 2.26. The number of nitrogens with zero attached hydrogens (tertiary/aromatic N) is 1. The van der Waals surface area contributed by atoms with Gasteiger partial charge in [0, 0.05) is 5.56 Å². The fraction of sp³-hybridized carbons (Fsp3) is 0.0455. The molecule has 118 valence electrons. The Bertz CT molecular complexity index is 864. The molecule has 0 amide bonds. The van der Waals surface area contributed by atoms with Crippen LogP contribution in [-0.4, -0.2) is 5.71 Å². The van der Waals surface area contributed by atoms with E-state index in [0.717, 1.165) is 28.1 Å². The Kier molecular flexibility index (Phi) is 4.57. The van der Waals surface area contributed by atoms with Crippen LogP contribution in [0.4, 0.5) is 0 Å². The van der Waals surface area contributed by atoms with Crippen molar-refractivity contribution in [3.05, 3.63) is 108 Å². The predicted molar refractivity (Wildman–Crippen MR) is 103 cm³/mol. The number of aliphatic imine (C=N–C) groups is 1. The second-order valence-corrected chi connectivity index (χ2v) is 5.73. The van der Waals surface area contributed by atoms with E-state index < -0.39 is 0 Å². The Hall–Kier alpha value is -3.13. The molecule has 1 aliphatic carbocycles. The van der Waals surface area contributed by atoms with E-state index in [2.05, 4.69) is 25.6 Å². The number of aryl methyl sites for hydroxylation is 1. The molecule has 0 heterocycles. The van der Waals surface area contributed by atoms with Crippen LogP contribution >= 0.6 is 0 Å². The molecule has 2 heteroatoms. The molecule has 0 aromatic heterocycles. The van der Waals surface area contributed by atoms with Crippen LogP contribution in [0.5, 0.6) is 0 Å². The third kappa shape index (κ3) is 3.44. The number of allylic oxidation sites excluding steroid dienone is 5. The molecule has 0 spiro atoms. The summed E-state index contributed by atoms with van der Waals surface area (Å²) in [5.74, 6) is 0. The number of benzene rings is 2. The summed E-state index contributed by atoms with van der Waals surface area (Å²) in [6, 6.07) is 18.2. The Balaban J connectivity index is 2.15. The van der Waals surface area contributed by atoms with Gasteiger partial charge in [-0.2, -0.15) is 0 Å². The lowest BCUT2D eigenvalue weighted by Crippen LogP contribution is -2.04. The van der Waals surface area contributed by atoms with Gasteiger partial charge < -0.3 is 5.73 Å². The summed E-state index contributed by atoms with van der Waals surface area (Å²) in [5, 5.41) is 0. The van der Waals surface area contributed by atoms with Crippen molar-refractivity contribution in [1.29, 1.82) is 0 Å². The van der Waals surface area contributed by atoms with Gasteiger partial charge in [0.25, 0.3) is 0 Å². The van der Waals surface area contributed by atoms with Gasteiger partial charge in [0.1, 0.15) is 0 Å². The van der Waals surface area contributed by atoms with Gasteiger partial charge in [-0.15, -0.1) is 0 Å². The van der Waals surface area contributed by atoms with Crippen molar-refractivity contribution in [1.82, 2.24) is 0 Å². The van der Waals surface area contributed by atoms with Gasteiger partial charge in [-0.1, -0.05) is 85.0 Å². The van der Waals surface area contributed by atoms with Crippen LogP contribution in [0.25, 0.3) is 11.4 Å². The SMILES string of the molecule is C=C1C=CC=C/C1=N/C(=C(\N)c1ccc(C)cc1)c1ccccc1. The molecular formula is C22H20N2. The molecule has 24 heavy (non-hydrogen) atoms. The van der Waals surface area contributed by atoms with E-state index in [9.17, 15) is 0 Å².